The van der Waals surface area contributed by atoms with Gasteiger partial charge >= 0.3 is 0 Å². The van der Waals surface area contributed by atoms with Crippen LogP contribution in [0.2, 0.25) is 0 Å². The molecule has 0 unspecified atom stereocenters. The molecule has 2 aromatic carbocycles. The standard InChI is InChI=1S/C28H19F2N5O4S/c29-21-6-5-15(10-22(21)30)9-17(14-34-26(37)18-3-1-2-4-19(18)27(34)38)33-25(36)23-11-20-24-16(12-31)13-32-35(24)7-8-39-28(20)40-23/h1-6,10-11,13,17H,7-9,14H2,(H,33,36)/t17-/m0/s1. The van der Waals surface area contributed by atoms with Crippen molar-refractivity contribution in [3.63, 3.8) is 0 Å². The minimum atomic E-state index is -1.05. The topological polar surface area (TPSA) is 117 Å². The van der Waals surface area contributed by atoms with Crippen molar-refractivity contribution in [3.8, 4) is 22.4 Å². The van der Waals surface area contributed by atoms with Gasteiger partial charge in [-0.3, -0.25) is 24.0 Å². The van der Waals surface area contributed by atoms with Gasteiger partial charge in [0, 0.05) is 6.54 Å². The maximum absolute atomic E-state index is 14.0. The van der Waals surface area contributed by atoms with Gasteiger partial charge in [0.2, 0.25) is 0 Å². The predicted octanol–water partition coefficient (Wildman–Crippen LogP) is 3.79. The number of nitrogens with one attached hydrogen (secondary N) is 1. The average molecular weight is 560 g/mol. The smallest absolute Gasteiger partial charge is 0.261 e. The van der Waals surface area contributed by atoms with Gasteiger partial charge in [-0.15, -0.1) is 0 Å². The Hall–Kier alpha value is -4.89. The summed E-state index contributed by atoms with van der Waals surface area (Å²) in [7, 11) is 0. The first-order valence-corrected chi connectivity index (χ1v) is 13.1. The largest absolute Gasteiger partial charge is 0.481 e. The minimum absolute atomic E-state index is 0.0171. The summed E-state index contributed by atoms with van der Waals surface area (Å²) in [5.74, 6) is -3.58. The Bertz CT molecular complexity index is 1710. The van der Waals surface area contributed by atoms with Gasteiger partial charge < -0.3 is 10.1 Å². The molecule has 4 aromatic rings. The highest BCUT2D eigenvalue weighted by Gasteiger charge is 2.37. The van der Waals surface area contributed by atoms with Gasteiger partial charge in [0.25, 0.3) is 17.7 Å². The van der Waals surface area contributed by atoms with Crippen LogP contribution in [0, 0.1) is 23.0 Å². The van der Waals surface area contributed by atoms with Crippen LogP contribution in [-0.4, -0.2) is 51.6 Å². The number of nitrogens with zero attached hydrogens (tertiary/aromatic N) is 4. The molecule has 9 nitrogen and oxygen atoms in total. The first kappa shape index (κ1) is 25.4. The molecule has 12 heteroatoms. The Morgan fingerprint density at radius 2 is 1.85 bits per heavy atom. The summed E-state index contributed by atoms with van der Waals surface area (Å²) in [5, 5.41) is 17.1. The Morgan fingerprint density at radius 1 is 1.10 bits per heavy atom. The van der Waals surface area contributed by atoms with Crippen molar-refractivity contribution in [2.75, 3.05) is 13.2 Å². The summed E-state index contributed by atoms with van der Waals surface area (Å²) >= 11 is 1.09. The number of fused-ring (bicyclic) bond motifs is 4. The van der Waals surface area contributed by atoms with Crippen LogP contribution in [0.4, 0.5) is 8.78 Å². The van der Waals surface area contributed by atoms with Crippen molar-refractivity contribution in [1.29, 1.82) is 5.26 Å². The molecule has 0 radical (unpaired) electrons. The Labute approximate surface area is 230 Å². The summed E-state index contributed by atoms with van der Waals surface area (Å²) in [5.41, 5.74) is 2.34. The van der Waals surface area contributed by atoms with Crippen LogP contribution in [0.1, 0.15) is 41.5 Å². The first-order valence-electron chi connectivity index (χ1n) is 12.3. The minimum Gasteiger partial charge on any atom is -0.481 e. The van der Waals surface area contributed by atoms with Crippen LogP contribution >= 0.6 is 11.3 Å². The fourth-order valence-corrected chi connectivity index (χ4v) is 5.83. The lowest BCUT2D eigenvalue weighted by Crippen LogP contribution is -2.46. The summed E-state index contributed by atoms with van der Waals surface area (Å²) in [6.45, 7) is 0.549. The van der Waals surface area contributed by atoms with Crippen molar-refractivity contribution >= 4 is 29.1 Å². The molecule has 40 heavy (non-hydrogen) atoms. The number of hydrogen-bond acceptors (Lipinski definition) is 7. The lowest BCUT2D eigenvalue weighted by atomic mass is 10.0. The number of nitriles is 1. The molecular formula is C28H19F2N5O4S. The number of carbonyl (C=O) groups is 3. The molecule has 3 amide bonds. The summed E-state index contributed by atoms with van der Waals surface area (Å²) in [6.07, 6.45) is 1.48. The monoisotopic (exact) mass is 559 g/mol. The van der Waals surface area contributed by atoms with Crippen LogP contribution in [-0.2, 0) is 13.0 Å². The number of carbonyl (C=O) groups excluding carboxylic acids is 3. The number of rotatable bonds is 6. The van der Waals surface area contributed by atoms with E-state index in [0.717, 1.165) is 28.4 Å². The number of hydrogen-bond donors (Lipinski definition) is 1. The quantitative estimate of drug-likeness (QED) is 0.359. The van der Waals surface area contributed by atoms with Gasteiger partial charge in [-0.25, -0.2) is 8.78 Å². The number of imide groups is 1. The summed E-state index contributed by atoms with van der Waals surface area (Å²) in [6, 6.07) is 12.7. The van der Waals surface area contributed by atoms with Gasteiger partial charge in [-0.1, -0.05) is 29.5 Å². The van der Waals surface area contributed by atoms with Crippen molar-refractivity contribution in [3.05, 3.63) is 93.5 Å². The first-order chi connectivity index (χ1) is 19.3. The molecule has 0 spiro atoms. The SMILES string of the molecule is N#Cc1cnn2c1-c1cc(C(=O)N[C@@H](Cc3ccc(F)c(F)c3)CN3C(=O)c4ccccc4C3=O)sc1OCC2. The van der Waals surface area contributed by atoms with E-state index in [2.05, 4.69) is 16.5 Å². The molecule has 6 rings (SSSR count). The van der Waals surface area contributed by atoms with Gasteiger partial charge in [-0.2, -0.15) is 10.4 Å². The summed E-state index contributed by atoms with van der Waals surface area (Å²) in [4.78, 5) is 40.8. The molecule has 1 atom stereocenters. The van der Waals surface area contributed by atoms with E-state index in [0.29, 0.717) is 40.6 Å². The zero-order valence-electron chi connectivity index (χ0n) is 20.7. The molecule has 0 bridgehead atoms. The summed E-state index contributed by atoms with van der Waals surface area (Å²) < 4.78 is 35.0. The molecule has 0 saturated carbocycles. The number of benzene rings is 2. The molecule has 0 saturated heterocycles. The van der Waals surface area contributed by atoms with Crippen LogP contribution in [0.3, 0.4) is 0 Å². The third-order valence-corrected chi connectivity index (χ3v) is 7.80. The molecule has 4 heterocycles. The van der Waals surface area contributed by atoms with Gasteiger partial charge in [0.05, 0.1) is 51.6 Å². The number of amides is 3. The Balaban J connectivity index is 1.30. The van der Waals surface area contributed by atoms with E-state index in [4.69, 9.17) is 4.74 Å². The lowest BCUT2D eigenvalue weighted by Gasteiger charge is -2.24. The highest BCUT2D eigenvalue weighted by Crippen LogP contribution is 2.41. The average Bonchev–Trinajstić information content (AvgIpc) is 3.59. The normalized spacial score (nSPS) is 14.5. The van der Waals surface area contributed by atoms with Crippen molar-refractivity contribution < 1.29 is 27.9 Å². The zero-order valence-corrected chi connectivity index (χ0v) is 21.5. The zero-order chi connectivity index (χ0) is 28.0. The van der Waals surface area contributed by atoms with Crippen LogP contribution in [0.25, 0.3) is 11.3 Å². The third-order valence-electron chi connectivity index (χ3n) is 6.76. The van der Waals surface area contributed by atoms with E-state index in [1.54, 1.807) is 35.0 Å². The van der Waals surface area contributed by atoms with Crippen molar-refractivity contribution in [2.24, 2.45) is 0 Å². The number of halogens is 2. The van der Waals surface area contributed by atoms with E-state index >= 15 is 0 Å². The molecule has 0 fully saturated rings. The fraction of sp³-hybridized carbons (Fsp3) is 0.179. The number of thiophene rings is 1. The van der Waals surface area contributed by atoms with E-state index in [1.165, 1.54) is 12.3 Å². The Kier molecular flexibility index (Phi) is 6.36. The highest BCUT2D eigenvalue weighted by atomic mass is 32.1. The third kappa shape index (κ3) is 4.40. The van der Waals surface area contributed by atoms with Crippen LogP contribution < -0.4 is 10.1 Å². The van der Waals surface area contributed by atoms with E-state index in [1.807, 2.05) is 0 Å². The van der Waals surface area contributed by atoms with Gasteiger partial charge in [0.15, 0.2) is 16.7 Å². The molecule has 200 valence electrons. The fourth-order valence-electron chi connectivity index (χ4n) is 4.90. The molecule has 0 aliphatic carbocycles. The molecule has 1 N–H and O–H groups in total. The Morgan fingerprint density at radius 3 is 2.55 bits per heavy atom. The van der Waals surface area contributed by atoms with Gasteiger partial charge in [0.1, 0.15) is 12.7 Å². The number of ether oxygens (including phenoxy) is 1. The van der Waals surface area contributed by atoms with Crippen LogP contribution in [0.15, 0.2) is 54.7 Å². The van der Waals surface area contributed by atoms with Gasteiger partial charge in [-0.05, 0) is 42.3 Å². The second-order valence-corrected chi connectivity index (χ2v) is 10.3. The van der Waals surface area contributed by atoms with Crippen LogP contribution in [0.5, 0.6) is 5.06 Å². The van der Waals surface area contributed by atoms with Crippen molar-refractivity contribution in [1.82, 2.24) is 20.0 Å². The van der Waals surface area contributed by atoms with E-state index < -0.39 is 35.4 Å². The second-order valence-electron chi connectivity index (χ2n) is 9.29. The molecule has 2 aliphatic heterocycles. The van der Waals surface area contributed by atoms with Crippen molar-refractivity contribution in [2.45, 2.75) is 19.0 Å². The maximum atomic E-state index is 14.0. The number of aromatic nitrogens is 2. The molecule has 2 aromatic heterocycles. The molecular weight excluding hydrogens is 540 g/mol. The van der Waals surface area contributed by atoms with E-state index in [9.17, 15) is 28.4 Å². The second kappa shape index (κ2) is 10.0. The molecule has 2 aliphatic rings. The maximum Gasteiger partial charge on any atom is 0.261 e. The lowest BCUT2D eigenvalue weighted by molar-refractivity contribution is 0.0629. The highest BCUT2D eigenvalue weighted by molar-refractivity contribution is 7.16. The van der Waals surface area contributed by atoms with E-state index in [-0.39, 0.29) is 29.0 Å². The predicted molar refractivity (Wildman–Crippen MR) is 139 cm³/mol.